The average molecular weight is 615 g/mol. The van der Waals surface area contributed by atoms with Crippen molar-refractivity contribution < 1.29 is 24.0 Å². The predicted molar refractivity (Wildman–Crippen MR) is 175 cm³/mol. The molecule has 230 valence electrons. The zero-order valence-electron chi connectivity index (χ0n) is 25.8. The normalized spacial score (nSPS) is 16.6. The fourth-order valence-electron chi connectivity index (χ4n) is 5.34. The van der Waals surface area contributed by atoms with Crippen LogP contribution >= 0.6 is 11.8 Å². The molecule has 1 unspecified atom stereocenters. The van der Waals surface area contributed by atoms with Gasteiger partial charge in [0.25, 0.3) is 0 Å². The first kappa shape index (κ1) is 33.9. The highest BCUT2D eigenvalue weighted by atomic mass is 32.2. The number of amides is 1. The molecular weight excluding hydrogens is 569 g/mol. The Morgan fingerprint density at radius 2 is 1.79 bits per heavy atom. The molecule has 1 atom stereocenters. The lowest BCUT2D eigenvalue weighted by atomic mass is 9.79. The molecule has 1 heterocycles. The monoisotopic (exact) mass is 614 g/mol. The third kappa shape index (κ3) is 9.44. The molecule has 0 saturated carbocycles. The van der Waals surface area contributed by atoms with E-state index in [1.54, 1.807) is 0 Å². The van der Waals surface area contributed by atoms with E-state index in [1.165, 1.54) is 11.8 Å². The maximum atomic E-state index is 14.1. The Morgan fingerprint density at radius 1 is 1.14 bits per heavy atom. The van der Waals surface area contributed by atoms with Crippen molar-refractivity contribution in [3.05, 3.63) is 48.7 Å². The number of benzene rings is 2. The van der Waals surface area contributed by atoms with Crippen molar-refractivity contribution >= 4 is 51.9 Å². The molecule has 0 bridgehead atoms. The van der Waals surface area contributed by atoms with Gasteiger partial charge in [-0.3, -0.25) is 4.79 Å². The van der Waals surface area contributed by atoms with Gasteiger partial charge in [-0.25, -0.2) is 4.79 Å². The minimum Gasteiger partial charge on any atom is -0.611 e. The van der Waals surface area contributed by atoms with Crippen LogP contribution in [0, 0.1) is 10.8 Å². The van der Waals surface area contributed by atoms with Gasteiger partial charge in [0, 0.05) is 35.8 Å². The molecule has 0 aromatic heterocycles. The van der Waals surface area contributed by atoms with Crippen molar-refractivity contribution in [1.29, 1.82) is 0 Å². The van der Waals surface area contributed by atoms with Crippen LogP contribution < -0.4 is 15.0 Å². The summed E-state index contributed by atoms with van der Waals surface area (Å²) < 4.78 is 19.8. The molecule has 1 aliphatic rings. The highest BCUT2D eigenvalue weighted by Gasteiger charge is 2.42. The van der Waals surface area contributed by atoms with Crippen molar-refractivity contribution in [2.24, 2.45) is 10.8 Å². The van der Waals surface area contributed by atoms with Crippen molar-refractivity contribution in [3.63, 3.8) is 0 Å². The van der Waals surface area contributed by atoms with Gasteiger partial charge in [0.2, 0.25) is 5.91 Å². The first-order valence-corrected chi connectivity index (χ1v) is 17.3. The number of ether oxygens (including phenoxy) is 1. The number of rotatable bonds is 13. The minimum absolute atomic E-state index is 0.0157. The topological polar surface area (TPSA) is 102 Å². The molecule has 0 saturated heterocycles. The maximum Gasteiger partial charge on any atom is 0.331 e. The molecule has 1 aliphatic heterocycles. The van der Waals surface area contributed by atoms with Crippen LogP contribution in [0.15, 0.2) is 58.5 Å². The molecule has 0 fully saturated rings. The van der Waals surface area contributed by atoms with Gasteiger partial charge in [0.05, 0.1) is 22.9 Å². The van der Waals surface area contributed by atoms with Crippen LogP contribution in [0.2, 0.25) is 0 Å². The van der Waals surface area contributed by atoms with E-state index >= 15 is 0 Å². The Balaban J connectivity index is 2.09. The number of carboxylic acid groups (broad SMARTS) is 1. The number of carboxylic acids is 1. The summed E-state index contributed by atoms with van der Waals surface area (Å²) in [6.07, 6.45) is 10.7. The highest BCUT2D eigenvalue weighted by Crippen LogP contribution is 2.48. The number of unbranched alkanes of at least 4 members (excludes halogenated alkanes) is 2. The number of fused-ring (bicyclic) bond motifs is 1. The van der Waals surface area contributed by atoms with Gasteiger partial charge in [0.15, 0.2) is 4.90 Å². The van der Waals surface area contributed by atoms with Gasteiger partial charge in [-0.05, 0) is 66.0 Å². The third-order valence-corrected chi connectivity index (χ3v) is 9.84. The van der Waals surface area contributed by atoms with Crippen LogP contribution in [0.1, 0.15) is 79.6 Å². The predicted octanol–water partition coefficient (Wildman–Crippen LogP) is 8.39. The third-order valence-electron chi connectivity index (χ3n) is 7.39. The lowest BCUT2D eigenvalue weighted by Crippen LogP contribution is -2.38. The van der Waals surface area contributed by atoms with Gasteiger partial charge in [-0.15, -0.1) is 11.8 Å². The van der Waals surface area contributed by atoms with E-state index in [4.69, 9.17) is 9.84 Å². The number of nitrogens with one attached hydrogen (secondary N) is 1. The van der Waals surface area contributed by atoms with Crippen LogP contribution in [0.3, 0.4) is 0 Å². The van der Waals surface area contributed by atoms with Crippen molar-refractivity contribution in [2.75, 3.05) is 28.8 Å². The summed E-state index contributed by atoms with van der Waals surface area (Å²) in [6, 6.07) is 11.7. The Labute approximate surface area is 258 Å². The molecule has 0 spiro atoms. The standard InChI is InChI=1S/C33H46N2O5S2/c1-7-9-16-33(17-10-8-2)22-35(25-13-11-24(12-14-25)34-30(36)21-32(3,4)5)26-19-28(41-6)27(40-18-15-31(37)38)20-29(26)42(39)23-33/h11-15,18-20H,7-10,16-17,21-23H2,1-6H3,(H,34,36)(H,37,38)/b18-15+. The van der Waals surface area contributed by atoms with Crippen LogP contribution in [-0.2, 0) is 20.8 Å². The molecular formula is C33H46N2O5S2. The zero-order valence-corrected chi connectivity index (χ0v) is 27.5. The number of carbonyl (C=O) groups is 2. The molecule has 7 nitrogen and oxygen atoms in total. The first-order valence-electron chi connectivity index (χ1n) is 14.7. The summed E-state index contributed by atoms with van der Waals surface area (Å²) in [5.74, 6) is -0.0723. The fourth-order valence-corrected chi connectivity index (χ4v) is 7.61. The van der Waals surface area contributed by atoms with Gasteiger partial charge < -0.3 is 24.6 Å². The summed E-state index contributed by atoms with van der Waals surface area (Å²) in [5.41, 5.74) is 2.34. The van der Waals surface area contributed by atoms with Gasteiger partial charge in [-0.2, -0.15) is 0 Å². The summed E-state index contributed by atoms with van der Waals surface area (Å²) in [7, 11) is 0. The molecule has 9 heteroatoms. The van der Waals surface area contributed by atoms with Crippen LogP contribution in [0.25, 0.3) is 0 Å². The molecule has 1 amide bonds. The van der Waals surface area contributed by atoms with E-state index in [0.717, 1.165) is 79.4 Å². The SMILES string of the molecule is CCCCC1(CCCC)CN(c2ccc(NC(=O)CC(C)(C)C)cc2)c2cc(SC)c(O/C=C/C(=O)O)cc2[S+]([O-])C1. The Bertz CT molecular complexity index is 1230. The van der Waals surface area contributed by atoms with E-state index in [0.29, 0.717) is 22.8 Å². The quantitative estimate of drug-likeness (QED) is 0.101. The molecule has 2 aromatic carbocycles. The van der Waals surface area contributed by atoms with Crippen molar-refractivity contribution in [2.45, 2.75) is 89.4 Å². The van der Waals surface area contributed by atoms with Gasteiger partial charge in [-0.1, -0.05) is 60.3 Å². The van der Waals surface area contributed by atoms with Crippen LogP contribution in [-0.4, -0.2) is 40.1 Å². The number of aliphatic carboxylic acids is 1. The van der Waals surface area contributed by atoms with E-state index in [9.17, 15) is 14.1 Å². The molecule has 2 N–H and O–H groups in total. The fraction of sp³-hybridized carbons (Fsp3) is 0.515. The smallest absolute Gasteiger partial charge is 0.331 e. The number of hydrogen-bond donors (Lipinski definition) is 2. The minimum atomic E-state index is -1.29. The summed E-state index contributed by atoms with van der Waals surface area (Å²) >= 11 is 0.206. The number of hydrogen-bond acceptors (Lipinski definition) is 6. The second-order valence-electron chi connectivity index (χ2n) is 12.3. The van der Waals surface area contributed by atoms with Gasteiger partial charge >= 0.3 is 5.97 Å². The lowest BCUT2D eigenvalue weighted by molar-refractivity contribution is -0.131. The molecule has 2 aromatic rings. The number of carbonyl (C=O) groups excluding carboxylic acids is 1. The second kappa shape index (κ2) is 15.2. The van der Waals surface area contributed by atoms with E-state index in [1.807, 2.05) is 63.4 Å². The highest BCUT2D eigenvalue weighted by molar-refractivity contribution is 7.98. The molecule has 3 rings (SSSR count). The molecule has 0 aliphatic carbocycles. The average Bonchev–Trinajstić information content (AvgIpc) is 3.04. The molecule has 0 radical (unpaired) electrons. The zero-order chi connectivity index (χ0) is 30.9. The largest absolute Gasteiger partial charge is 0.611 e. The Morgan fingerprint density at radius 3 is 2.33 bits per heavy atom. The van der Waals surface area contributed by atoms with Crippen molar-refractivity contribution in [1.82, 2.24) is 0 Å². The van der Waals surface area contributed by atoms with E-state index < -0.39 is 17.1 Å². The molecule has 42 heavy (non-hydrogen) atoms. The van der Waals surface area contributed by atoms with Crippen molar-refractivity contribution in [3.8, 4) is 5.75 Å². The van der Waals surface area contributed by atoms with Gasteiger partial charge in [0.1, 0.15) is 11.5 Å². The number of nitrogens with zero attached hydrogens (tertiary/aromatic N) is 1. The van der Waals surface area contributed by atoms with E-state index in [2.05, 4.69) is 24.1 Å². The first-order chi connectivity index (χ1) is 19.9. The lowest BCUT2D eigenvalue weighted by Gasteiger charge is -2.36. The summed E-state index contributed by atoms with van der Waals surface area (Å²) in [4.78, 5) is 27.4. The van der Waals surface area contributed by atoms with Crippen LogP contribution in [0.5, 0.6) is 5.75 Å². The summed E-state index contributed by atoms with van der Waals surface area (Å²) in [5, 5.41) is 12.0. The summed E-state index contributed by atoms with van der Waals surface area (Å²) in [6.45, 7) is 11.2. The second-order valence-corrected chi connectivity index (χ2v) is 14.6. The maximum absolute atomic E-state index is 14.1. The van der Waals surface area contributed by atoms with E-state index in [-0.39, 0.29) is 16.7 Å². The number of anilines is 3. The van der Waals surface area contributed by atoms with Crippen LogP contribution in [0.4, 0.5) is 17.1 Å². The Hall–Kier alpha value is -2.62. The Kier molecular flexibility index (Phi) is 12.3. The number of thioether (sulfide) groups is 1.